The zero-order valence-electron chi connectivity index (χ0n) is 18.5. The number of hydrogen-bond donors (Lipinski definition) is 1. The Kier molecular flexibility index (Phi) is 7.37. The highest BCUT2D eigenvalue weighted by Gasteiger charge is 2.32. The number of nitrogens with zero attached hydrogens (tertiary/aromatic N) is 2. The third-order valence-corrected chi connectivity index (χ3v) is 6.20. The molecule has 1 aromatic carbocycles. The van der Waals surface area contributed by atoms with Gasteiger partial charge in [0.15, 0.2) is 0 Å². The quantitative estimate of drug-likeness (QED) is 0.698. The molecule has 0 saturated carbocycles. The topological polar surface area (TPSA) is 76.8 Å². The molecule has 0 bridgehead atoms. The van der Waals surface area contributed by atoms with Crippen LogP contribution in [0.15, 0.2) is 34.7 Å². The van der Waals surface area contributed by atoms with E-state index in [1.165, 1.54) is 0 Å². The molecule has 2 aliphatic heterocycles. The number of carbonyl (C=O) groups is 1. The van der Waals surface area contributed by atoms with Crippen molar-refractivity contribution in [3.63, 3.8) is 0 Å². The van der Waals surface area contributed by atoms with Crippen molar-refractivity contribution in [2.45, 2.75) is 38.8 Å². The molecule has 1 N–H and O–H groups in total. The number of rotatable bonds is 8. The Labute approximate surface area is 184 Å². The van der Waals surface area contributed by atoms with Crippen molar-refractivity contribution in [2.24, 2.45) is 11.8 Å². The molecule has 7 nitrogen and oxygen atoms in total. The molecule has 2 saturated heterocycles. The fraction of sp³-hybridized carbons (Fsp3) is 0.583. The van der Waals surface area contributed by atoms with Crippen molar-refractivity contribution >= 4 is 5.91 Å². The Morgan fingerprint density at radius 2 is 2.13 bits per heavy atom. The summed E-state index contributed by atoms with van der Waals surface area (Å²) in [6, 6.07) is 9.94. The minimum atomic E-state index is -0.0592. The maximum absolute atomic E-state index is 12.9. The van der Waals surface area contributed by atoms with Gasteiger partial charge in [0, 0.05) is 45.5 Å². The molecule has 0 radical (unpaired) electrons. The van der Waals surface area contributed by atoms with Crippen molar-refractivity contribution in [2.75, 3.05) is 40.0 Å². The van der Waals surface area contributed by atoms with Crippen LogP contribution in [0.2, 0.25) is 0 Å². The summed E-state index contributed by atoms with van der Waals surface area (Å²) in [7, 11) is 1.72. The van der Waals surface area contributed by atoms with Gasteiger partial charge in [-0.2, -0.15) is 0 Å². The van der Waals surface area contributed by atoms with E-state index >= 15 is 0 Å². The molecule has 4 rings (SSSR count). The van der Waals surface area contributed by atoms with Crippen LogP contribution < -0.4 is 5.32 Å². The Morgan fingerprint density at radius 3 is 2.87 bits per heavy atom. The number of hydrogen-bond acceptors (Lipinski definition) is 6. The molecule has 2 fully saturated rings. The van der Waals surface area contributed by atoms with E-state index in [2.05, 4.69) is 10.2 Å². The van der Waals surface area contributed by atoms with Gasteiger partial charge in [0.25, 0.3) is 0 Å². The SMILES string of the molecule is COC[C@@H]1C[C@@H](C(=O)NC[C@H]2CCCO2)CN(Cc2nc(-c3ccccc3)oc2C)C1. The van der Waals surface area contributed by atoms with Crippen LogP contribution in [-0.4, -0.2) is 61.9 Å². The highest BCUT2D eigenvalue weighted by Crippen LogP contribution is 2.27. The van der Waals surface area contributed by atoms with Crippen molar-refractivity contribution in [3.8, 4) is 11.5 Å². The minimum Gasteiger partial charge on any atom is -0.441 e. The van der Waals surface area contributed by atoms with Crippen LogP contribution in [0.4, 0.5) is 0 Å². The van der Waals surface area contributed by atoms with Gasteiger partial charge in [-0.05, 0) is 44.2 Å². The number of carbonyl (C=O) groups excluding carboxylic acids is 1. The van der Waals surface area contributed by atoms with E-state index in [0.29, 0.717) is 38.0 Å². The number of aryl methyl sites for hydroxylation is 1. The van der Waals surface area contributed by atoms with Crippen LogP contribution in [0.5, 0.6) is 0 Å². The molecule has 1 aromatic heterocycles. The van der Waals surface area contributed by atoms with Gasteiger partial charge in [-0.25, -0.2) is 4.98 Å². The van der Waals surface area contributed by atoms with E-state index < -0.39 is 0 Å². The Bertz CT molecular complexity index is 848. The van der Waals surface area contributed by atoms with Gasteiger partial charge in [0.2, 0.25) is 11.8 Å². The van der Waals surface area contributed by atoms with Gasteiger partial charge in [-0.15, -0.1) is 0 Å². The maximum atomic E-state index is 12.9. The number of piperidine rings is 1. The van der Waals surface area contributed by atoms with Gasteiger partial charge >= 0.3 is 0 Å². The predicted molar refractivity (Wildman–Crippen MR) is 117 cm³/mol. The second kappa shape index (κ2) is 10.4. The van der Waals surface area contributed by atoms with Crippen LogP contribution in [0.25, 0.3) is 11.5 Å². The normalized spacial score (nSPS) is 24.4. The highest BCUT2D eigenvalue weighted by atomic mass is 16.5. The molecular formula is C24H33N3O4. The maximum Gasteiger partial charge on any atom is 0.226 e. The number of methoxy groups -OCH3 is 1. The zero-order chi connectivity index (χ0) is 21.6. The third kappa shape index (κ3) is 5.73. The van der Waals surface area contributed by atoms with Crippen molar-refractivity contribution in [1.82, 2.24) is 15.2 Å². The second-order valence-electron chi connectivity index (χ2n) is 8.72. The van der Waals surface area contributed by atoms with Crippen LogP contribution in [0.3, 0.4) is 0 Å². The van der Waals surface area contributed by atoms with Gasteiger partial charge in [-0.1, -0.05) is 18.2 Å². The van der Waals surface area contributed by atoms with E-state index in [0.717, 1.165) is 49.4 Å². The van der Waals surface area contributed by atoms with Crippen LogP contribution in [-0.2, 0) is 20.8 Å². The first-order valence-corrected chi connectivity index (χ1v) is 11.2. The number of nitrogens with one attached hydrogen (secondary N) is 1. The molecule has 7 heteroatoms. The molecule has 168 valence electrons. The standard InChI is InChI=1S/C24H33N3O4/c1-17-22(26-24(31-17)19-7-4-3-5-8-19)15-27-13-18(16-29-2)11-20(14-27)23(28)25-12-21-9-6-10-30-21/h3-5,7-8,18,20-21H,6,9-16H2,1-2H3,(H,25,28)/t18-,20-,21-/m1/s1. The number of oxazole rings is 1. The first kappa shape index (κ1) is 22.0. The van der Waals surface area contributed by atoms with Gasteiger partial charge in [-0.3, -0.25) is 9.69 Å². The molecule has 0 aliphatic carbocycles. The van der Waals surface area contributed by atoms with Gasteiger partial charge in [0.1, 0.15) is 5.76 Å². The van der Waals surface area contributed by atoms with E-state index in [-0.39, 0.29) is 17.9 Å². The summed E-state index contributed by atoms with van der Waals surface area (Å²) in [5.74, 6) is 1.84. The lowest BCUT2D eigenvalue weighted by Crippen LogP contribution is -2.48. The summed E-state index contributed by atoms with van der Waals surface area (Å²) in [5.41, 5.74) is 1.90. The fourth-order valence-electron chi connectivity index (χ4n) is 4.63. The predicted octanol–water partition coefficient (Wildman–Crippen LogP) is 3.03. The molecule has 2 aliphatic rings. The van der Waals surface area contributed by atoms with Crippen molar-refractivity contribution in [3.05, 3.63) is 41.8 Å². The van der Waals surface area contributed by atoms with Gasteiger partial charge in [0.05, 0.1) is 24.3 Å². The molecular weight excluding hydrogens is 394 g/mol. The largest absolute Gasteiger partial charge is 0.441 e. The smallest absolute Gasteiger partial charge is 0.226 e. The minimum absolute atomic E-state index is 0.0592. The Hall–Kier alpha value is -2.22. The average molecular weight is 428 g/mol. The van der Waals surface area contributed by atoms with Crippen molar-refractivity contribution < 1.29 is 18.7 Å². The monoisotopic (exact) mass is 427 g/mol. The van der Waals surface area contributed by atoms with Crippen molar-refractivity contribution in [1.29, 1.82) is 0 Å². The second-order valence-corrected chi connectivity index (χ2v) is 8.72. The van der Waals surface area contributed by atoms with Gasteiger partial charge < -0.3 is 19.2 Å². The summed E-state index contributed by atoms with van der Waals surface area (Å²) in [5, 5.41) is 3.11. The summed E-state index contributed by atoms with van der Waals surface area (Å²) < 4.78 is 17.0. The van der Waals surface area contributed by atoms with Crippen LogP contribution in [0.1, 0.15) is 30.7 Å². The molecule has 3 atom stereocenters. The van der Waals surface area contributed by atoms with E-state index in [1.54, 1.807) is 7.11 Å². The average Bonchev–Trinajstić information content (AvgIpc) is 3.43. The molecule has 2 aromatic rings. The molecule has 3 heterocycles. The molecule has 0 spiro atoms. The first-order valence-electron chi connectivity index (χ1n) is 11.2. The number of aromatic nitrogens is 1. The van der Waals surface area contributed by atoms with Crippen LogP contribution >= 0.6 is 0 Å². The lowest BCUT2D eigenvalue weighted by atomic mass is 9.88. The first-order chi connectivity index (χ1) is 15.1. The van der Waals surface area contributed by atoms with Crippen LogP contribution in [0, 0.1) is 18.8 Å². The number of likely N-dealkylation sites (tertiary alicyclic amines) is 1. The Balaban J connectivity index is 1.40. The summed E-state index contributed by atoms with van der Waals surface area (Å²) >= 11 is 0. The van der Waals surface area contributed by atoms with E-state index in [1.807, 2.05) is 37.3 Å². The van der Waals surface area contributed by atoms with E-state index in [9.17, 15) is 4.79 Å². The summed E-state index contributed by atoms with van der Waals surface area (Å²) in [6.07, 6.45) is 3.11. The molecule has 0 unspecified atom stereocenters. The molecule has 1 amide bonds. The van der Waals surface area contributed by atoms with E-state index in [4.69, 9.17) is 18.9 Å². The highest BCUT2D eigenvalue weighted by molar-refractivity contribution is 5.79. The lowest BCUT2D eigenvalue weighted by molar-refractivity contribution is -0.128. The number of benzene rings is 1. The fourth-order valence-corrected chi connectivity index (χ4v) is 4.63. The number of ether oxygens (including phenoxy) is 2. The third-order valence-electron chi connectivity index (χ3n) is 6.20. The summed E-state index contributed by atoms with van der Waals surface area (Å²) in [4.78, 5) is 19.9. The summed E-state index contributed by atoms with van der Waals surface area (Å²) in [6.45, 7) is 6.28. The zero-order valence-corrected chi connectivity index (χ0v) is 18.5. The Morgan fingerprint density at radius 1 is 1.29 bits per heavy atom. The molecule has 31 heavy (non-hydrogen) atoms. The lowest BCUT2D eigenvalue weighted by Gasteiger charge is -2.36. The number of amides is 1.